The summed E-state index contributed by atoms with van der Waals surface area (Å²) in [7, 11) is 1.82. The molecule has 0 amide bonds. The molecular formula is C11H14BrClFN. The van der Waals surface area contributed by atoms with Gasteiger partial charge in [0.25, 0.3) is 0 Å². The summed E-state index contributed by atoms with van der Waals surface area (Å²) in [5.41, 5.74) is 0.612. The zero-order chi connectivity index (χ0) is 11.6. The molecule has 15 heavy (non-hydrogen) atoms. The van der Waals surface area contributed by atoms with Crippen LogP contribution in [0.3, 0.4) is 0 Å². The predicted molar refractivity (Wildman–Crippen MR) is 65.7 cm³/mol. The Morgan fingerprint density at radius 3 is 2.47 bits per heavy atom. The summed E-state index contributed by atoms with van der Waals surface area (Å²) in [5.74, 6) is 0.0704. The van der Waals surface area contributed by atoms with Gasteiger partial charge in [0.2, 0.25) is 0 Å². The van der Waals surface area contributed by atoms with Crippen LogP contribution in [0.1, 0.15) is 25.5 Å². The molecule has 0 heterocycles. The topological polar surface area (TPSA) is 12.0 Å². The molecule has 1 rings (SSSR count). The number of hydrogen-bond acceptors (Lipinski definition) is 1. The average molecular weight is 295 g/mol. The summed E-state index contributed by atoms with van der Waals surface area (Å²) in [4.78, 5) is 0. The summed E-state index contributed by atoms with van der Waals surface area (Å²) in [6.45, 7) is 4.08. The molecule has 0 aliphatic heterocycles. The minimum absolute atomic E-state index is 0.0180. The van der Waals surface area contributed by atoms with Gasteiger partial charge in [0.15, 0.2) is 0 Å². The molecule has 0 fully saturated rings. The molecule has 0 saturated heterocycles. The molecule has 0 spiro atoms. The molecule has 0 saturated carbocycles. The Balaban J connectivity index is 3.18. The lowest BCUT2D eigenvalue weighted by Gasteiger charge is -2.21. The van der Waals surface area contributed by atoms with Gasteiger partial charge in [-0.2, -0.15) is 0 Å². The maximum absolute atomic E-state index is 13.7. The number of rotatable bonds is 3. The van der Waals surface area contributed by atoms with Crippen molar-refractivity contribution >= 4 is 27.5 Å². The van der Waals surface area contributed by atoms with Gasteiger partial charge in [-0.15, -0.1) is 0 Å². The fourth-order valence-electron chi connectivity index (χ4n) is 1.62. The van der Waals surface area contributed by atoms with Gasteiger partial charge in [-0.3, -0.25) is 0 Å². The second-order valence-corrected chi connectivity index (χ2v) is 5.06. The fraction of sp³-hybridized carbons (Fsp3) is 0.455. The van der Waals surface area contributed by atoms with E-state index < -0.39 is 0 Å². The van der Waals surface area contributed by atoms with E-state index in [1.165, 1.54) is 6.07 Å². The Labute approximate surface area is 103 Å². The van der Waals surface area contributed by atoms with Crippen molar-refractivity contribution in [2.24, 2.45) is 5.92 Å². The summed E-state index contributed by atoms with van der Waals surface area (Å²) >= 11 is 9.15. The highest BCUT2D eigenvalue weighted by Gasteiger charge is 2.18. The fourth-order valence-corrected chi connectivity index (χ4v) is 2.11. The Bertz CT molecular complexity index is 355. The zero-order valence-electron chi connectivity index (χ0n) is 8.94. The van der Waals surface area contributed by atoms with Crippen molar-refractivity contribution in [3.63, 3.8) is 0 Å². The van der Waals surface area contributed by atoms with Crippen molar-refractivity contribution in [3.05, 3.63) is 33.0 Å². The van der Waals surface area contributed by atoms with Crippen LogP contribution in [0.2, 0.25) is 5.02 Å². The maximum atomic E-state index is 13.7. The molecule has 0 aromatic heterocycles. The standard InChI is InChI=1S/C11H14BrClFN/c1-6(2)11(15-3)7-4-9(13)8(12)5-10(7)14/h4-6,11,15H,1-3H3. The number of halogens is 3. The van der Waals surface area contributed by atoms with E-state index >= 15 is 0 Å². The van der Waals surface area contributed by atoms with Gasteiger partial charge in [-0.1, -0.05) is 25.4 Å². The van der Waals surface area contributed by atoms with Crippen LogP contribution in [-0.2, 0) is 0 Å². The first kappa shape index (κ1) is 12.9. The van der Waals surface area contributed by atoms with E-state index in [0.29, 0.717) is 21.0 Å². The van der Waals surface area contributed by atoms with Crippen molar-refractivity contribution in [3.8, 4) is 0 Å². The lowest BCUT2D eigenvalue weighted by molar-refractivity contribution is 0.424. The van der Waals surface area contributed by atoms with Crippen LogP contribution < -0.4 is 5.32 Å². The Kier molecular flexibility index (Phi) is 4.56. The largest absolute Gasteiger partial charge is 0.313 e. The predicted octanol–water partition coefficient (Wildman–Crippen LogP) is 4.16. The third-order valence-electron chi connectivity index (χ3n) is 2.35. The van der Waals surface area contributed by atoms with E-state index in [2.05, 4.69) is 21.2 Å². The highest BCUT2D eigenvalue weighted by atomic mass is 79.9. The molecule has 4 heteroatoms. The normalized spacial score (nSPS) is 13.3. The van der Waals surface area contributed by atoms with Crippen LogP contribution in [-0.4, -0.2) is 7.05 Å². The quantitative estimate of drug-likeness (QED) is 0.826. The molecule has 0 radical (unpaired) electrons. The first-order chi connectivity index (χ1) is 6.97. The SMILES string of the molecule is CNC(c1cc(Cl)c(Br)cc1F)C(C)C. The van der Waals surface area contributed by atoms with E-state index in [1.807, 2.05) is 20.9 Å². The van der Waals surface area contributed by atoms with E-state index in [-0.39, 0.29) is 11.9 Å². The minimum Gasteiger partial charge on any atom is -0.313 e. The lowest BCUT2D eigenvalue weighted by atomic mass is 9.96. The molecule has 1 aromatic carbocycles. The van der Waals surface area contributed by atoms with Gasteiger partial charge in [0, 0.05) is 16.1 Å². The van der Waals surface area contributed by atoms with Crippen molar-refractivity contribution in [2.45, 2.75) is 19.9 Å². The van der Waals surface area contributed by atoms with Crippen LogP contribution in [0, 0.1) is 11.7 Å². The van der Waals surface area contributed by atoms with Crippen LogP contribution in [0.15, 0.2) is 16.6 Å². The van der Waals surface area contributed by atoms with Crippen LogP contribution >= 0.6 is 27.5 Å². The molecule has 1 N–H and O–H groups in total. The minimum atomic E-state index is -0.237. The van der Waals surface area contributed by atoms with E-state index in [0.717, 1.165) is 0 Å². The van der Waals surface area contributed by atoms with Gasteiger partial charge in [0.05, 0.1) is 5.02 Å². The molecule has 1 aromatic rings. The highest BCUT2D eigenvalue weighted by molar-refractivity contribution is 9.10. The number of hydrogen-bond donors (Lipinski definition) is 1. The van der Waals surface area contributed by atoms with Gasteiger partial charge in [-0.05, 0) is 41.0 Å². The molecule has 0 aliphatic carbocycles. The summed E-state index contributed by atoms with van der Waals surface area (Å²) < 4.78 is 14.3. The Morgan fingerprint density at radius 2 is 2.00 bits per heavy atom. The monoisotopic (exact) mass is 293 g/mol. The van der Waals surface area contributed by atoms with E-state index in [4.69, 9.17) is 11.6 Å². The second-order valence-electron chi connectivity index (χ2n) is 3.80. The van der Waals surface area contributed by atoms with Crippen molar-refractivity contribution in [2.75, 3.05) is 7.05 Å². The highest BCUT2D eigenvalue weighted by Crippen LogP contribution is 2.31. The molecular weight excluding hydrogens is 280 g/mol. The second kappa shape index (κ2) is 5.28. The van der Waals surface area contributed by atoms with Gasteiger partial charge >= 0.3 is 0 Å². The number of benzene rings is 1. The Hall–Kier alpha value is -0.120. The third kappa shape index (κ3) is 2.92. The van der Waals surface area contributed by atoms with E-state index in [9.17, 15) is 4.39 Å². The van der Waals surface area contributed by atoms with Crippen molar-refractivity contribution < 1.29 is 4.39 Å². The molecule has 84 valence electrons. The van der Waals surface area contributed by atoms with Crippen LogP contribution in [0.5, 0.6) is 0 Å². The van der Waals surface area contributed by atoms with Crippen molar-refractivity contribution in [1.29, 1.82) is 0 Å². The van der Waals surface area contributed by atoms with E-state index in [1.54, 1.807) is 6.07 Å². The first-order valence-electron chi connectivity index (χ1n) is 4.79. The molecule has 1 nitrogen and oxygen atoms in total. The smallest absolute Gasteiger partial charge is 0.129 e. The van der Waals surface area contributed by atoms with Gasteiger partial charge in [-0.25, -0.2) is 4.39 Å². The average Bonchev–Trinajstić information content (AvgIpc) is 2.14. The molecule has 1 atom stereocenters. The number of nitrogens with one attached hydrogen (secondary N) is 1. The first-order valence-corrected chi connectivity index (χ1v) is 5.96. The maximum Gasteiger partial charge on any atom is 0.129 e. The van der Waals surface area contributed by atoms with Crippen LogP contribution in [0.25, 0.3) is 0 Å². The Morgan fingerprint density at radius 1 is 1.40 bits per heavy atom. The molecule has 0 bridgehead atoms. The zero-order valence-corrected chi connectivity index (χ0v) is 11.3. The third-order valence-corrected chi connectivity index (χ3v) is 3.55. The van der Waals surface area contributed by atoms with Crippen molar-refractivity contribution in [1.82, 2.24) is 5.32 Å². The summed E-state index contributed by atoms with van der Waals surface area (Å²) in [6, 6.07) is 3.06. The van der Waals surface area contributed by atoms with Gasteiger partial charge in [0.1, 0.15) is 5.82 Å². The molecule has 0 aliphatic rings. The van der Waals surface area contributed by atoms with Crippen LogP contribution in [0.4, 0.5) is 4.39 Å². The summed E-state index contributed by atoms with van der Waals surface area (Å²) in [6.07, 6.45) is 0. The molecule has 1 unspecified atom stereocenters. The lowest BCUT2D eigenvalue weighted by Crippen LogP contribution is -2.22. The van der Waals surface area contributed by atoms with Gasteiger partial charge < -0.3 is 5.32 Å². The summed E-state index contributed by atoms with van der Waals surface area (Å²) in [5, 5.41) is 3.63.